The number of rotatable bonds is 7. The van der Waals surface area contributed by atoms with Crippen LogP contribution in [0.25, 0.3) is 0 Å². The number of carbonyl (C=O) groups is 1. The zero-order valence-corrected chi connectivity index (χ0v) is 12.0. The molecule has 0 radical (unpaired) electrons. The molecule has 0 unspecified atom stereocenters. The van der Waals surface area contributed by atoms with Crippen LogP contribution in [0.3, 0.4) is 0 Å². The predicted octanol–water partition coefficient (Wildman–Crippen LogP) is 1.54. The summed E-state index contributed by atoms with van der Waals surface area (Å²) in [5.41, 5.74) is 8.59. The molecule has 0 fully saturated rings. The lowest BCUT2D eigenvalue weighted by atomic mass is 10.1. The van der Waals surface area contributed by atoms with E-state index in [1.165, 1.54) is 11.1 Å². The lowest BCUT2D eigenvalue weighted by Crippen LogP contribution is -2.20. The maximum Gasteiger partial charge on any atom is 0.255 e. The van der Waals surface area contributed by atoms with Gasteiger partial charge in [0.15, 0.2) is 6.61 Å². The number of nitrogens with two attached hydrogens (primary N) is 1. The van der Waals surface area contributed by atoms with Crippen LogP contribution in [-0.4, -0.2) is 17.5 Å². The van der Waals surface area contributed by atoms with Crippen LogP contribution in [0.1, 0.15) is 16.7 Å². The van der Waals surface area contributed by atoms with Crippen molar-refractivity contribution in [2.24, 2.45) is 5.73 Å². The lowest BCUT2D eigenvalue weighted by Gasteiger charge is -2.08. The largest absolute Gasteiger partial charge is 0.484 e. The maximum absolute atomic E-state index is 10.6. The van der Waals surface area contributed by atoms with Gasteiger partial charge in [-0.05, 0) is 41.8 Å². The summed E-state index contributed by atoms with van der Waals surface area (Å²) in [6.45, 7) is 3.51. The molecule has 0 aliphatic rings. The molecule has 0 atom stereocenters. The minimum atomic E-state index is -0.479. The van der Waals surface area contributed by atoms with Crippen molar-refractivity contribution < 1.29 is 9.53 Å². The SMILES string of the molecule is Cc1ccncc1CNCc1ccc(OCC(N)=O)cc1. The van der Waals surface area contributed by atoms with Crippen molar-refractivity contribution in [2.75, 3.05) is 6.61 Å². The highest BCUT2D eigenvalue weighted by molar-refractivity contribution is 5.75. The molecule has 1 amide bonds. The molecule has 5 nitrogen and oxygen atoms in total. The average molecular weight is 285 g/mol. The number of aryl methyl sites for hydroxylation is 1. The first-order chi connectivity index (χ1) is 10.1. The van der Waals surface area contributed by atoms with Crippen molar-refractivity contribution in [3.8, 4) is 5.75 Å². The van der Waals surface area contributed by atoms with E-state index in [0.717, 1.165) is 18.7 Å². The number of nitrogens with zero attached hydrogens (tertiary/aromatic N) is 1. The molecule has 0 spiro atoms. The molecular weight excluding hydrogens is 266 g/mol. The minimum absolute atomic E-state index is 0.0993. The molecule has 21 heavy (non-hydrogen) atoms. The van der Waals surface area contributed by atoms with Crippen molar-refractivity contribution in [3.63, 3.8) is 0 Å². The summed E-state index contributed by atoms with van der Waals surface area (Å²) < 4.78 is 5.21. The Labute approximate surface area is 124 Å². The van der Waals surface area contributed by atoms with Gasteiger partial charge in [0.1, 0.15) is 5.75 Å². The standard InChI is InChI=1S/C16H19N3O2/c1-12-6-7-18-9-14(12)10-19-8-13-2-4-15(5-3-13)21-11-16(17)20/h2-7,9,19H,8,10-11H2,1H3,(H2,17,20). The first-order valence-corrected chi connectivity index (χ1v) is 6.75. The van der Waals surface area contributed by atoms with Gasteiger partial charge in [-0.1, -0.05) is 12.1 Å². The van der Waals surface area contributed by atoms with Gasteiger partial charge in [0.05, 0.1) is 0 Å². The summed E-state index contributed by atoms with van der Waals surface area (Å²) in [6.07, 6.45) is 3.67. The second-order valence-corrected chi connectivity index (χ2v) is 4.80. The van der Waals surface area contributed by atoms with E-state index in [1.807, 2.05) is 36.5 Å². The molecule has 0 saturated heterocycles. The van der Waals surface area contributed by atoms with Crippen molar-refractivity contribution in [1.82, 2.24) is 10.3 Å². The third-order valence-corrected chi connectivity index (χ3v) is 3.10. The van der Waals surface area contributed by atoms with Crippen LogP contribution in [0.4, 0.5) is 0 Å². The Bertz CT molecular complexity index is 597. The number of benzene rings is 1. The van der Waals surface area contributed by atoms with Crippen LogP contribution in [0.2, 0.25) is 0 Å². The van der Waals surface area contributed by atoms with Crippen LogP contribution in [-0.2, 0) is 17.9 Å². The number of amides is 1. The highest BCUT2D eigenvalue weighted by Gasteiger charge is 2.00. The number of ether oxygens (including phenoxy) is 1. The first kappa shape index (κ1) is 15.0. The molecule has 1 heterocycles. The Hall–Kier alpha value is -2.40. The summed E-state index contributed by atoms with van der Waals surface area (Å²) >= 11 is 0. The number of primary amides is 1. The van der Waals surface area contributed by atoms with Gasteiger partial charge in [-0.3, -0.25) is 9.78 Å². The maximum atomic E-state index is 10.6. The number of nitrogens with one attached hydrogen (secondary N) is 1. The van der Waals surface area contributed by atoms with E-state index in [2.05, 4.69) is 17.2 Å². The molecule has 2 rings (SSSR count). The molecule has 0 aliphatic carbocycles. The summed E-state index contributed by atoms with van der Waals surface area (Å²) in [4.78, 5) is 14.7. The van der Waals surface area contributed by atoms with Gasteiger partial charge in [0.25, 0.3) is 5.91 Å². The van der Waals surface area contributed by atoms with E-state index < -0.39 is 5.91 Å². The Balaban J connectivity index is 1.81. The van der Waals surface area contributed by atoms with Crippen LogP contribution >= 0.6 is 0 Å². The fourth-order valence-electron chi connectivity index (χ4n) is 1.88. The van der Waals surface area contributed by atoms with Gasteiger partial charge in [-0.2, -0.15) is 0 Å². The monoisotopic (exact) mass is 285 g/mol. The molecule has 2 aromatic rings. The van der Waals surface area contributed by atoms with Crippen molar-refractivity contribution in [1.29, 1.82) is 0 Å². The lowest BCUT2D eigenvalue weighted by molar-refractivity contribution is -0.119. The van der Waals surface area contributed by atoms with Crippen molar-refractivity contribution in [3.05, 3.63) is 59.4 Å². The van der Waals surface area contributed by atoms with E-state index in [9.17, 15) is 4.79 Å². The van der Waals surface area contributed by atoms with Crippen LogP contribution < -0.4 is 15.8 Å². The second kappa shape index (κ2) is 7.40. The normalized spacial score (nSPS) is 10.3. The van der Waals surface area contributed by atoms with Crippen LogP contribution in [0.15, 0.2) is 42.7 Å². The average Bonchev–Trinajstić information content (AvgIpc) is 2.48. The second-order valence-electron chi connectivity index (χ2n) is 4.80. The fraction of sp³-hybridized carbons (Fsp3) is 0.250. The highest BCUT2D eigenvalue weighted by atomic mass is 16.5. The van der Waals surface area contributed by atoms with E-state index in [1.54, 1.807) is 6.20 Å². The third kappa shape index (κ3) is 4.89. The van der Waals surface area contributed by atoms with E-state index in [4.69, 9.17) is 10.5 Å². The van der Waals surface area contributed by atoms with Crippen LogP contribution in [0, 0.1) is 6.92 Å². The number of carbonyl (C=O) groups excluding carboxylic acids is 1. The first-order valence-electron chi connectivity index (χ1n) is 6.75. The minimum Gasteiger partial charge on any atom is -0.484 e. The fourth-order valence-corrected chi connectivity index (χ4v) is 1.88. The van der Waals surface area contributed by atoms with Crippen molar-refractivity contribution >= 4 is 5.91 Å². The Kier molecular flexibility index (Phi) is 5.29. The predicted molar refractivity (Wildman–Crippen MR) is 80.6 cm³/mol. The van der Waals surface area contributed by atoms with Gasteiger partial charge in [0.2, 0.25) is 0 Å². The topological polar surface area (TPSA) is 77.2 Å². The number of hydrogen-bond donors (Lipinski definition) is 2. The number of hydrogen-bond acceptors (Lipinski definition) is 4. The smallest absolute Gasteiger partial charge is 0.255 e. The Morgan fingerprint density at radius 3 is 2.67 bits per heavy atom. The van der Waals surface area contributed by atoms with Crippen LogP contribution in [0.5, 0.6) is 5.75 Å². The number of pyridine rings is 1. The van der Waals surface area contributed by atoms with E-state index in [0.29, 0.717) is 5.75 Å². The van der Waals surface area contributed by atoms with E-state index >= 15 is 0 Å². The summed E-state index contributed by atoms with van der Waals surface area (Å²) in [7, 11) is 0. The molecule has 5 heteroatoms. The molecule has 0 aliphatic heterocycles. The van der Waals surface area contributed by atoms with E-state index in [-0.39, 0.29) is 6.61 Å². The zero-order valence-electron chi connectivity index (χ0n) is 12.0. The molecule has 1 aromatic carbocycles. The molecule has 0 saturated carbocycles. The Morgan fingerprint density at radius 2 is 2.00 bits per heavy atom. The molecule has 3 N–H and O–H groups in total. The molecule has 110 valence electrons. The van der Waals surface area contributed by atoms with Gasteiger partial charge >= 0.3 is 0 Å². The zero-order chi connectivity index (χ0) is 15.1. The van der Waals surface area contributed by atoms with Gasteiger partial charge in [-0.25, -0.2) is 0 Å². The summed E-state index contributed by atoms with van der Waals surface area (Å²) in [5, 5.41) is 3.37. The molecule has 0 bridgehead atoms. The summed E-state index contributed by atoms with van der Waals surface area (Å²) in [6, 6.07) is 9.57. The highest BCUT2D eigenvalue weighted by Crippen LogP contribution is 2.12. The van der Waals surface area contributed by atoms with Gasteiger partial charge in [-0.15, -0.1) is 0 Å². The third-order valence-electron chi connectivity index (χ3n) is 3.10. The van der Waals surface area contributed by atoms with Gasteiger partial charge in [0, 0.05) is 25.5 Å². The quantitative estimate of drug-likeness (QED) is 0.809. The molecular formula is C16H19N3O2. The molecule has 1 aromatic heterocycles. The van der Waals surface area contributed by atoms with Crippen molar-refractivity contribution in [2.45, 2.75) is 20.0 Å². The summed E-state index contributed by atoms with van der Waals surface area (Å²) in [5.74, 6) is 0.160. The van der Waals surface area contributed by atoms with Gasteiger partial charge < -0.3 is 15.8 Å². The number of aromatic nitrogens is 1. The Morgan fingerprint density at radius 1 is 1.24 bits per heavy atom.